The van der Waals surface area contributed by atoms with Gasteiger partial charge >= 0.3 is 5.97 Å². The van der Waals surface area contributed by atoms with Gasteiger partial charge in [-0.3, -0.25) is 4.79 Å². The van der Waals surface area contributed by atoms with Gasteiger partial charge in [0.15, 0.2) is 0 Å². The fourth-order valence-corrected chi connectivity index (χ4v) is 1.68. The molecule has 0 fully saturated rings. The topological polar surface area (TPSA) is 65.0 Å². The summed E-state index contributed by atoms with van der Waals surface area (Å²) >= 11 is 0. The summed E-state index contributed by atoms with van der Waals surface area (Å²) in [6.07, 6.45) is 0.219. The molecular weight excluding hydrogens is 260 g/mol. The van der Waals surface area contributed by atoms with Crippen molar-refractivity contribution in [2.24, 2.45) is 0 Å². The maximum absolute atomic E-state index is 11.5. The van der Waals surface area contributed by atoms with E-state index in [4.69, 9.17) is 14.2 Å². The monoisotopic (exact) mass is 290 g/mol. The molecule has 5 heteroatoms. The van der Waals surface area contributed by atoms with Crippen LogP contribution in [0.25, 0.3) is 0 Å². The van der Waals surface area contributed by atoms with Crippen LogP contribution >= 0.6 is 0 Å². The summed E-state index contributed by atoms with van der Waals surface area (Å²) < 4.78 is 16.4. The minimum atomic E-state index is -0.613. The summed E-state index contributed by atoms with van der Waals surface area (Å²) in [4.78, 5) is 11.5. The second-order valence-corrected chi connectivity index (χ2v) is 7.17. The van der Waals surface area contributed by atoms with E-state index >= 15 is 0 Å². The molecule has 0 saturated heterocycles. The van der Waals surface area contributed by atoms with E-state index in [1.54, 1.807) is 0 Å². The van der Waals surface area contributed by atoms with Crippen LogP contribution in [0.15, 0.2) is 0 Å². The van der Waals surface area contributed by atoms with Crippen LogP contribution in [0, 0.1) is 0 Å². The lowest BCUT2D eigenvalue weighted by Gasteiger charge is -2.34. The zero-order chi connectivity index (χ0) is 16.0. The van der Waals surface area contributed by atoms with Crippen molar-refractivity contribution in [3.63, 3.8) is 0 Å². The number of aliphatic hydroxyl groups excluding tert-OH is 1. The Kier molecular flexibility index (Phi) is 7.14. The standard InChI is InChI=1S/C15H30O5/c1-13(2,3)19-12(17)8-9-18-11-15(6,7)20-14(4,5)10-16/h16H,8-11H2,1-7H3. The van der Waals surface area contributed by atoms with Crippen LogP contribution in [0.5, 0.6) is 0 Å². The molecule has 0 aliphatic rings. The SMILES string of the molecule is CC(C)(C)OC(=O)CCOCC(C)(C)OC(C)(C)CO. The lowest BCUT2D eigenvalue weighted by Crippen LogP contribution is -2.42. The molecule has 0 rings (SSSR count). The molecule has 0 heterocycles. The molecule has 0 radical (unpaired) electrons. The van der Waals surface area contributed by atoms with Gasteiger partial charge in [0.05, 0.1) is 37.4 Å². The number of aliphatic hydroxyl groups is 1. The summed E-state index contributed by atoms with van der Waals surface area (Å²) in [5.41, 5.74) is -1.61. The number of hydrogen-bond acceptors (Lipinski definition) is 5. The lowest BCUT2D eigenvalue weighted by molar-refractivity contribution is -0.169. The Bertz CT molecular complexity index is 302. The fourth-order valence-electron chi connectivity index (χ4n) is 1.68. The van der Waals surface area contributed by atoms with Crippen LogP contribution in [-0.2, 0) is 19.0 Å². The summed E-state index contributed by atoms with van der Waals surface area (Å²) in [7, 11) is 0. The maximum Gasteiger partial charge on any atom is 0.308 e. The molecule has 0 saturated carbocycles. The average molecular weight is 290 g/mol. The Morgan fingerprint density at radius 3 is 2.00 bits per heavy atom. The molecule has 1 N–H and O–H groups in total. The third-order valence-electron chi connectivity index (χ3n) is 2.25. The van der Waals surface area contributed by atoms with Crippen molar-refractivity contribution in [3.05, 3.63) is 0 Å². The first-order valence-corrected chi connectivity index (χ1v) is 6.97. The van der Waals surface area contributed by atoms with Crippen LogP contribution in [-0.4, -0.2) is 47.7 Å². The van der Waals surface area contributed by atoms with Gasteiger partial charge in [0.25, 0.3) is 0 Å². The van der Waals surface area contributed by atoms with Gasteiger partial charge in [-0.05, 0) is 48.5 Å². The normalized spacial score (nSPS) is 13.4. The number of ether oxygens (including phenoxy) is 3. The van der Waals surface area contributed by atoms with E-state index < -0.39 is 16.8 Å². The Morgan fingerprint density at radius 2 is 1.55 bits per heavy atom. The van der Waals surface area contributed by atoms with Crippen LogP contribution in [0.4, 0.5) is 0 Å². The summed E-state index contributed by atoms with van der Waals surface area (Å²) in [6.45, 7) is 13.5. The van der Waals surface area contributed by atoms with Gasteiger partial charge in [0.1, 0.15) is 5.60 Å². The van der Waals surface area contributed by atoms with Gasteiger partial charge < -0.3 is 19.3 Å². The van der Waals surface area contributed by atoms with E-state index in [0.29, 0.717) is 13.2 Å². The van der Waals surface area contributed by atoms with Gasteiger partial charge in [0, 0.05) is 0 Å². The molecule has 0 aromatic carbocycles. The van der Waals surface area contributed by atoms with E-state index in [9.17, 15) is 9.90 Å². The molecule has 0 aliphatic carbocycles. The van der Waals surface area contributed by atoms with E-state index in [1.807, 2.05) is 48.5 Å². The molecule has 0 aromatic rings. The Hall–Kier alpha value is -0.650. The molecule has 5 nitrogen and oxygen atoms in total. The van der Waals surface area contributed by atoms with Crippen LogP contribution in [0.3, 0.4) is 0 Å². The first kappa shape index (κ1) is 19.4. The van der Waals surface area contributed by atoms with Gasteiger partial charge in [-0.15, -0.1) is 0 Å². The molecule has 0 unspecified atom stereocenters. The molecule has 0 bridgehead atoms. The van der Waals surface area contributed by atoms with Crippen molar-refractivity contribution in [2.75, 3.05) is 19.8 Å². The number of hydrogen-bond donors (Lipinski definition) is 1. The maximum atomic E-state index is 11.5. The highest BCUT2D eigenvalue weighted by molar-refractivity contribution is 5.69. The first-order chi connectivity index (χ1) is 8.87. The zero-order valence-corrected chi connectivity index (χ0v) is 13.9. The molecule has 0 atom stereocenters. The third kappa shape index (κ3) is 10.2. The third-order valence-corrected chi connectivity index (χ3v) is 2.25. The minimum absolute atomic E-state index is 0.0612. The van der Waals surface area contributed by atoms with Crippen LogP contribution in [0.1, 0.15) is 54.9 Å². The van der Waals surface area contributed by atoms with Crippen molar-refractivity contribution in [1.82, 2.24) is 0 Å². The van der Waals surface area contributed by atoms with E-state index in [1.165, 1.54) is 0 Å². The average Bonchev–Trinajstić information content (AvgIpc) is 2.20. The van der Waals surface area contributed by atoms with E-state index in [-0.39, 0.29) is 19.0 Å². The van der Waals surface area contributed by atoms with Gasteiger partial charge in [-0.25, -0.2) is 0 Å². The molecule has 0 amide bonds. The predicted molar refractivity (Wildman–Crippen MR) is 77.6 cm³/mol. The van der Waals surface area contributed by atoms with Crippen LogP contribution in [0.2, 0.25) is 0 Å². The number of carbonyl (C=O) groups is 1. The summed E-state index contributed by atoms with van der Waals surface area (Å²) in [6, 6.07) is 0. The molecule has 0 spiro atoms. The zero-order valence-electron chi connectivity index (χ0n) is 13.9. The van der Waals surface area contributed by atoms with Crippen molar-refractivity contribution >= 4 is 5.97 Å². The number of rotatable bonds is 8. The summed E-state index contributed by atoms with van der Waals surface area (Å²) in [5, 5.41) is 9.18. The second kappa shape index (κ2) is 7.38. The van der Waals surface area contributed by atoms with Gasteiger partial charge in [0.2, 0.25) is 0 Å². The summed E-state index contributed by atoms with van der Waals surface area (Å²) in [5.74, 6) is -0.271. The highest BCUT2D eigenvalue weighted by Crippen LogP contribution is 2.20. The fraction of sp³-hybridized carbons (Fsp3) is 0.933. The number of esters is 1. The predicted octanol–water partition coefficient (Wildman–Crippen LogP) is 2.30. The smallest absolute Gasteiger partial charge is 0.308 e. The highest BCUT2D eigenvalue weighted by atomic mass is 16.6. The molecule has 20 heavy (non-hydrogen) atoms. The quantitative estimate of drug-likeness (QED) is 0.549. The van der Waals surface area contributed by atoms with E-state index in [2.05, 4.69) is 0 Å². The van der Waals surface area contributed by atoms with Crippen molar-refractivity contribution in [3.8, 4) is 0 Å². The molecular formula is C15H30O5. The minimum Gasteiger partial charge on any atom is -0.460 e. The van der Waals surface area contributed by atoms with Crippen molar-refractivity contribution < 1.29 is 24.1 Å². The Morgan fingerprint density at radius 1 is 1.00 bits per heavy atom. The largest absolute Gasteiger partial charge is 0.460 e. The Labute approximate surface area is 122 Å². The first-order valence-electron chi connectivity index (χ1n) is 6.97. The van der Waals surface area contributed by atoms with Crippen molar-refractivity contribution in [2.45, 2.75) is 71.7 Å². The lowest BCUT2D eigenvalue weighted by atomic mass is 10.1. The number of carbonyl (C=O) groups excluding carboxylic acids is 1. The highest BCUT2D eigenvalue weighted by Gasteiger charge is 2.29. The second-order valence-electron chi connectivity index (χ2n) is 7.17. The molecule has 0 aliphatic heterocycles. The van der Waals surface area contributed by atoms with E-state index in [0.717, 1.165) is 0 Å². The van der Waals surface area contributed by atoms with Gasteiger partial charge in [-0.2, -0.15) is 0 Å². The van der Waals surface area contributed by atoms with Gasteiger partial charge in [-0.1, -0.05) is 0 Å². The van der Waals surface area contributed by atoms with Crippen LogP contribution < -0.4 is 0 Å². The Balaban J connectivity index is 3.97. The van der Waals surface area contributed by atoms with Crippen molar-refractivity contribution in [1.29, 1.82) is 0 Å². The molecule has 0 aromatic heterocycles. The molecule has 120 valence electrons.